The molecule has 2 atom stereocenters. The van der Waals surface area contributed by atoms with Crippen molar-refractivity contribution in [2.24, 2.45) is 11.8 Å². The molecule has 0 saturated heterocycles. The van der Waals surface area contributed by atoms with Gasteiger partial charge in [-0.3, -0.25) is 0 Å². The Kier molecular flexibility index (Phi) is 8.70. The molecule has 0 aliphatic rings. The van der Waals surface area contributed by atoms with Crippen molar-refractivity contribution in [2.45, 2.75) is 92.3 Å². The maximum absolute atomic E-state index is 6.34. The fourth-order valence-corrected chi connectivity index (χ4v) is 3.71. The quantitative estimate of drug-likeness (QED) is 0.276. The summed E-state index contributed by atoms with van der Waals surface area (Å²) in [6, 6.07) is 17.7. The maximum atomic E-state index is 6.34. The predicted molar refractivity (Wildman–Crippen MR) is 127 cm³/mol. The minimum absolute atomic E-state index is 0.262. The minimum atomic E-state index is -0.525. The van der Waals surface area contributed by atoms with Crippen molar-refractivity contribution in [1.29, 1.82) is 0 Å². The van der Waals surface area contributed by atoms with Crippen LogP contribution in [0.2, 0.25) is 0 Å². The van der Waals surface area contributed by atoms with E-state index in [2.05, 4.69) is 104 Å². The van der Waals surface area contributed by atoms with E-state index in [0.717, 1.165) is 36.8 Å². The van der Waals surface area contributed by atoms with Crippen LogP contribution >= 0.6 is 0 Å². The standard InChI is InChI=1S/C28H42O2/c1-9-11-23-13-17-25(18-14-23)27(7,21(3)4)29-30-28(8,22(5)6)26-19-15-24(12-10-2)16-20-26/h13-22H,9-12H2,1-8H3. The summed E-state index contributed by atoms with van der Waals surface area (Å²) >= 11 is 0. The molecule has 2 nitrogen and oxygen atoms in total. The van der Waals surface area contributed by atoms with Gasteiger partial charge in [0.25, 0.3) is 0 Å². The third-order valence-corrected chi connectivity index (χ3v) is 6.72. The summed E-state index contributed by atoms with van der Waals surface area (Å²) in [5.41, 5.74) is 4.00. The van der Waals surface area contributed by atoms with E-state index < -0.39 is 11.2 Å². The van der Waals surface area contributed by atoms with Gasteiger partial charge in [-0.05, 0) is 60.8 Å². The maximum Gasteiger partial charge on any atom is 0.128 e. The second-order valence-electron chi connectivity index (χ2n) is 9.58. The van der Waals surface area contributed by atoms with Crippen molar-refractivity contribution in [3.05, 3.63) is 70.8 Å². The van der Waals surface area contributed by atoms with Crippen molar-refractivity contribution in [3.63, 3.8) is 0 Å². The zero-order valence-corrected chi connectivity index (χ0v) is 20.4. The van der Waals surface area contributed by atoms with E-state index in [1.54, 1.807) is 0 Å². The molecule has 0 amide bonds. The molecule has 2 unspecified atom stereocenters. The fourth-order valence-electron chi connectivity index (χ4n) is 3.71. The lowest BCUT2D eigenvalue weighted by Crippen LogP contribution is -2.39. The number of hydrogen-bond donors (Lipinski definition) is 0. The average Bonchev–Trinajstić information content (AvgIpc) is 2.73. The van der Waals surface area contributed by atoms with Crippen LogP contribution in [0.5, 0.6) is 0 Å². The molecule has 0 radical (unpaired) electrons. The van der Waals surface area contributed by atoms with Gasteiger partial charge in [-0.1, -0.05) is 103 Å². The van der Waals surface area contributed by atoms with E-state index in [-0.39, 0.29) is 11.8 Å². The first-order chi connectivity index (χ1) is 14.2. The zero-order valence-electron chi connectivity index (χ0n) is 20.4. The van der Waals surface area contributed by atoms with Gasteiger partial charge in [-0.25, -0.2) is 9.78 Å². The molecular formula is C28H42O2. The van der Waals surface area contributed by atoms with Gasteiger partial charge in [0.1, 0.15) is 11.2 Å². The van der Waals surface area contributed by atoms with Crippen LogP contribution in [-0.4, -0.2) is 0 Å². The Morgan fingerprint density at radius 3 is 1.13 bits per heavy atom. The van der Waals surface area contributed by atoms with Gasteiger partial charge < -0.3 is 0 Å². The predicted octanol–water partition coefficient (Wildman–Crippen LogP) is 7.98. The zero-order chi connectivity index (χ0) is 22.4. The molecule has 0 N–H and O–H groups in total. The Balaban J connectivity index is 2.28. The Labute approximate surface area is 184 Å². The van der Waals surface area contributed by atoms with Crippen LogP contribution in [0.15, 0.2) is 48.5 Å². The highest BCUT2D eigenvalue weighted by molar-refractivity contribution is 5.29. The molecule has 0 saturated carbocycles. The first-order valence-corrected chi connectivity index (χ1v) is 11.7. The lowest BCUT2D eigenvalue weighted by Gasteiger charge is -2.39. The third-order valence-electron chi connectivity index (χ3n) is 6.72. The van der Waals surface area contributed by atoms with Crippen LogP contribution < -0.4 is 0 Å². The van der Waals surface area contributed by atoms with Gasteiger partial charge in [-0.2, -0.15) is 0 Å². The number of hydrogen-bond acceptors (Lipinski definition) is 2. The largest absolute Gasteiger partial charge is 0.224 e. The summed E-state index contributed by atoms with van der Waals surface area (Å²) in [5, 5.41) is 0. The van der Waals surface area contributed by atoms with E-state index >= 15 is 0 Å². The molecule has 0 aliphatic heterocycles. The summed E-state index contributed by atoms with van der Waals surface area (Å²) in [6.07, 6.45) is 4.53. The average molecular weight is 411 g/mol. The van der Waals surface area contributed by atoms with Crippen LogP contribution in [0.4, 0.5) is 0 Å². The number of rotatable bonds is 11. The van der Waals surface area contributed by atoms with Crippen molar-refractivity contribution in [2.75, 3.05) is 0 Å². The Morgan fingerprint density at radius 1 is 0.600 bits per heavy atom. The van der Waals surface area contributed by atoms with Crippen LogP contribution in [0.25, 0.3) is 0 Å². The van der Waals surface area contributed by atoms with Gasteiger partial charge in [0.05, 0.1) is 0 Å². The lowest BCUT2D eigenvalue weighted by atomic mass is 9.84. The van der Waals surface area contributed by atoms with E-state index in [0.29, 0.717) is 0 Å². The van der Waals surface area contributed by atoms with Gasteiger partial charge in [0, 0.05) is 0 Å². The molecule has 0 aliphatic carbocycles. The first kappa shape index (κ1) is 24.6. The summed E-state index contributed by atoms with van der Waals surface area (Å²) < 4.78 is 0. The molecule has 30 heavy (non-hydrogen) atoms. The summed E-state index contributed by atoms with van der Waals surface area (Å²) in [7, 11) is 0. The molecule has 0 heterocycles. The normalized spacial score (nSPS) is 15.9. The molecule has 2 aromatic rings. The molecule has 166 valence electrons. The smallest absolute Gasteiger partial charge is 0.128 e. The Morgan fingerprint density at radius 2 is 0.900 bits per heavy atom. The Hall–Kier alpha value is -1.64. The molecule has 0 bridgehead atoms. The van der Waals surface area contributed by atoms with Crippen molar-refractivity contribution in [3.8, 4) is 0 Å². The second kappa shape index (κ2) is 10.6. The topological polar surface area (TPSA) is 18.5 Å². The van der Waals surface area contributed by atoms with E-state index in [9.17, 15) is 0 Å². The molecule has 0 spiro atoms. The highest BCUT2D eigenvalue weighted by atomic mass is 17.2. The van der Waals surface area contributed by atoms with E-state index in [4.69, 9.17) is 9.78 Å². The van der Waals surface area contributed by atoms with Crippen molar-refractivity contribution < 1.29 is 9.78 Å². The molecular weight excluding hydrogens is 368 g/mol. The SMILES string of the molecule is CCCc1ccc(C(C)(OOC(C)(c2ccc(CCC)cc2)C(C)C)C(C)C)cc1. The monoisotopic (exact) mass is 410 g/mol. The number of aryl methyl sites for hydroxylation is 2. The minimum Gasteiger partial charge on any atom is -0.224 e. The van der Waals surface area contributed by atoms with Crippen LogP contribution in [0, 0.1) is 11.8 Å². The molecule has 0 aromatic heterocycles. The summed E-state index contributed by atoms with van der Waals surface area (Å²) in [4.78, 5) is 12.7. The first-order valence-electron chi connectivity index (χ1n) is 11.7. The highest BCUT2D eigenvalue weighted by Gasteiger charge is 2.39. The van der Waals surface area contributed by atoms with Gasteiger partial charge in [0.15, 0.2) is 0 Å². The molecule has 2 aromatic carbocycles. The van der Waals surface area contributed by atoms with Crippen molar-refractivity contribution in [1.82, 2.24) is 0 Å². The summed E-state index contributed by atoms with van der Waals surface area (Å²) in [6.45, 7) is 17.5. The lowest BCUT2D eigenvalue weighted by molar-refractivity contribution is -0.432. The third kappa shape index (κ3) is 5.53. The second-order valence-corrected chi connectivity index (χ2v) is 9.58. The molecule has 2 heteroatoms. The molecule has 2 rings (SSSR count). The van der Waals surface area contributed by atoms with Crippen LogP contribution in [0.1, 0.15) is 90.5 Å². The van der Waals surface area contributed by atoms with Crippen LogP contribution in [0.3, 0.4) is 0 Å². The fraction of sp³-hybridized carbons (Fsp3) is 0.571. The molecule has 0 fully saturated rings. The summed E-state index contributed by atoms with van der Waals surface area (Å²) in [5.74, 6) is 0.524. The Bertz CT molecular complexity index is 693. The van der Waals surface area contributed by atoms with Gasteiger partial charge in [0.2, 0.25) is 0 Å². The van der Waals surface area contributed by atoms with Gasteiger partial charge in [-0.15, -0.1) is 0 Å². The number of benzene rings is 2. The van der Waals surface area contributed by atoms with Crippen molar-refractivity contribution >= 4 is 0 Å². The highest BCUT2D eigenvalue weighted by Crippen LogP contribution is 2.40. The van der Waals surface area contributed by atoms with E-state index in [1.807, 2.05) is 0 Å². The van der Waals surface area contributed by atoms with Crippen LogP contribution in [-0.2, 0) is 33.8 Å². The van der Waals surface area contributed by atoms with E-state index in [1.165, 1.54) is 11.1 Å². The van der Waals surface area contributed by atoms with Gasteiger partial charge >= 0.3 is 0 Å².